The number of hydrogen-bond donors (Lipinski definition) is 2. The maximum Gasteiger partial charge on any atom is 0.0992 e. The summed E-state index contributed by atoms with van der Waals surface area (Å²) >= 11 is 0. The highest BCUT2D eigenvalue weighted by Gasteiger charge is 2.21. The third kappa shape index (κ3) is 2.96. The average Bonchev–Trinajstić information content (AvgIpc) is 2.85. The minimum Gasteiger partial charge on any atom is -0.395 e. The van der Waals surface area contributed by atoms with E-state index in [1.807, 2.05) is 24.3 Å². The van der Waals surface area contributed by atoms with Crippen molar-refractivity contribution in [2.75, 3.05) is 31.1 Å². The number of aliphatic hydroxyl groups excluding tert-OH is 1. The molecule has 1 aliphatic rings. The molecule has 90 valence electrons. The molecule has 1 fully saturated rings. The second-order valence-electron chi connectivity index (χ2n) is 4.27. The fraction of sp³-hybridized carbons (Fsp3) is 0.462. The van der Waals surface area contributed by atoms with Crippen LogP contribution in [0.1, 0.15) is 12.0 Å². The van der Waals surface area contributed by atoms with Crippen LogP contribution in [0.25, 0.3) is 0 Å². The molecular weight excluding hydrogens is 214 g/mol. The number of nitriles is 1. The van der Waals surface area contributed by atoms with Crippen molar-refractivity contribution in [3.05, 3.63) is 29.8 Å². The van der Waals surface area contributed by atoms with E-state index in [1.165, 1.54) is 0 Å². The summed E-state index contributed by atoms with van der Waals surface area (Å²) in [5.41, 5.74) is 1.81. The van der Waals surface area contributed by atoms with Gasteiger partial charge in [0.1, 0.15) is 0 Å². The van der Waals surface area contributed by atoms with E-state index < -0.39 is 0 Å². The molecule has 1 aromatic rings. The minimum absolute atomic E-state index is 0.181. The predicted molar refractivity (Wildman–Crippen MR) is 66.9 cm³/mol. The topological polar surface area (TPSA) is 59.3 Å². The molecule has 0 bridgehead atoms. The highest BCUT2D eigenvalue weighted by Crippen LogP contribution is 2.21. The maximum absolute atomic E-state index is 8.86. The van der Waals surface area contributed by atoms with Crippen LogP contribution in [0.2, 0.25) is 0 Å². The SMILES string of the molecule is N#Cc1cccc(N2CCC(NCCO)C2)c1. The maximum atomic E-state index is 8.86. The fourth-order valence-corrected chi connectivity index (χ4v) is 2.20. The number of nitrogens with one attached hydrogen (secondary N) is 1. The van der Waals surface area contributed by atoms with Gasteiger partial charge >= 0.3 is 0 Å². The lowest BCUT2D eigenvalue weighted by molar-refractivity contribution is 0.286. The quantitative estimate of drug-likeness (QED) is 0.801. The summed E-state index contributed by atoms with van der Waals surface area (Å²) in [6.45, 7) is 2.77. The van der Waals surface area contributed by atoms with Crippen LogP contribution in [0.4, 0.5) is 5.69 Å². The number of aliphatic hydroxyl groups is 1. The van der Waals surface area contributed by atoms with E-state index in [-0.39, 0.29) is 6.61 Å². The van der Waals surface area contributed by atoms with Gasteiger partial charge in [0.2, 0.25) is 0 Å². The Hall–Kier alpha value is -1.57. The van der Waals surface area contributed by atoms with Crippen LogP contribution in [-0.2, 0) is 0 Å². The lowest BCUT2D eigenvalue weighted by Gasteiger charge is -2.19. The second kappa shape index (κ2) is 5.67. The van der Waals surface area contributed by atoms with Crippen molar-refractivity contribution in [3.63, 3.8) is 0 Å². The Balaban J connectivity index is 1.97. The largest absolute Gasteiger partial charge is 0.395 e. The van der Waals surface area contributed by atoms with Crippen LogP contribution < -0.4 is 10.2 Å². The first-order valence-corrected chi connectivity index (χ1v) is 5.93. The standard InChI is InChI=1S/C13H17N3O/c14-9-11-2-1-3-13(8-11)16-6-4-12(10-16)15-5-7-17/h1-3,8,12,15,17H,4-7,10H2. The molecule has 1 atom stereocenters. The molecule has 1 unspecified atom stereocenters. The van der Waals surface area contributed by atoms with Gasteiger partial charge in [-0.2, -0.15) is 5.26 Å². The van der Waals surface area contributed by atoms with Crippen LogP contribution >= 0.6 is 0 Å². The molecule has 0 saturated carbocycles. The normalized spacial score (nSPS) is 19.3. The highest BCUT2D eigenvalue weighted by atomic mass is 16.3. The summed E-state index contributed by atoms with van der Waals surface area (Å²) in [5.74, 6) is 0. The Labute approximate surface area is 101 Å². The van der Waals surface area contributed by atoms with Crippen molar-refractivity contribution in [1.29, 1.82) is 5.26 Å². The molecular formula is C13H17N3O. The van der Waals surface area contributed by atoms with Gasteiger partial charge in [-0.25, -0.2) is 0 Å². The van der Waals surface area contributed by atoms with E-state index in [4.69, 9.17) is 10.4 Å². The van der Waals surface area contributed by atoms with Crippen molar-refractivity contribution in [2.45, 2.75) is 12.5 Å². The zero-order chi connectivity index (χ0) is 12.1. The Morgan fingerprint density at radius 2 is 2.41 bits per heavy atom. The fourth-order valence-electron chi connectivity index (χ4n) is 2.20. The van der Waals surface area contributed by atoms with Crippen LogP contribution in [0, 0.1) is 11.3 Å². The average molecular weight is 231 g/mol. The van der Waals surface area contributed by atoms with Gasteiger partial charge in [-0.15, -0.1) is 0 Å². The third-order valence-electron chi connectivity index (χ3n) is 3.07. The lowest BCUT2D eigenvalue weighted by atomic mass is 10.2. The Kier molecular flexibility index (Phi) is 3.97. The molecule has 17 heavy (non-hydrogen) atoms. The summed E-state index contributed by atoms with van der Waals surface area (Å²) in [6, 6.07) is 10.3. The Bertz CT molecular complexity index is 413. The summed E-state index contributed by atoms with van der Waals surface area (Å²) in [7, 11) is 0. The molecule has 4 nitrogen and oxygen atoms in total. The van der Waals surface area contributed by atoms with Crippen molar-refractivity contribution < 1.29 is 5.11 Å². The van der Waals surface area contributed by atoms with Crippen molar-refractivity contribution in [1.82, 2.24) is 5.32 Å². The first-order chi connectivity index (χ1) is 8.33. The van der Waals surface area contributed by atoms with E-state index in [0.717, 1.165) is 25.2 Å². The molecule has 0 aliphatic carbocycles. The van der Waals surface area contributed by atoms with E-state index in [0.29, 0.717) is 18.2 Å². The van der Waals surface area contributed by atoms with E-state index >= 15 is 0 Å². The molecule has 2 N–H and O–H groups in total. The van der Waals surface area contributed by atoms with Gasteiger partial charge in [0.05, 0.1) is 18.2 Å². The summed E-state index contributed by atoms with van der Waals surface area (Å²) in [6.07, 6.45) is 1.08. The zero-order valence-corrected chi connectivity index (χ0v) is 9.76. The van der Waals surface area contributed by atoms with Gasteiger partial charge in [-0.1, -0.05) is 6.07 Å². The number of benzene rings is 1. The van der Waals surface area contributed by atoms with Gasteiger partial charge in [-0.05, 0) is 24.6 Å². The molecule has 2 rings (SSSR count). The van der Waals surface area contributed by atoms with Crippen LogP contribution in [-0.4, -0.2) is 37.4 Å². The summed E-state index contributed by atoms with van der Waals surface area (Å²) in [4.78, 5) is 2.27. The third-order valence-corrected chi connectivity index (χ3v) is 3.07. The molecule has 1 aliphatic heterocycles. The molecule has 0 aromatic heterocycles. The summed E-state index contributed by atoms with van der Waals surface area (Å²) in [5, 5.41) is 20.9. The van der Waals surface area contributed by atoms with Gasteiger partial charge in [0, 0.05) is 31.4 Å². The van der Waals surface area contributed by atoms with E-state index in [1.54, 1.807) is 0 Å². The molecule has 1 aromatic carbocycles. The van der Waals surface area contributed by atoms with E-state index in [2.05, 4.69) is 16.3 Å². The van der Waals surface area contributed by atoms with Crippen LogP contribution in [0.3, 0.4) is 0 Å². The number of hydrogen-bond acceptors (Lipinski definition) is 4. The Morgan fingerprint density at radius 3 is 3.18 bits per heavy atom. The van der Waals surface area contributed by atoms with Crippen molar-refractivity contribution in [3.8, 4) is 6.07 Å². The molecule has 1 saturated heterocycles. The highest BCUT2D eigenvalue weighted by molar-refractivity contribution is 5.52. The monoisotopic (exact) mass is 231 g/mol. The first-order valence-electron chi connectivity index (χ1n) is 5.93. The van der Waals surface area contributed by atoms with Gasteiger partial charge in [-0.3, -0.25) is 0 Å². The molecule has 0 amide bonds. The summed E-state index contributed by atoms with van der Waals surface area (Å²) < 4.78 is 0. The van der Waals surface area contributed by atoms with Gasteiger partial charge in [0.15, 0.2) is 0 Å². The minimum atomic E-state index is 0.181. The van der Waals surface area contributed by atoms with Crippen molar-refractivity contribution >= 4 is 5.69 Å². The second-order valence-corrected chi connectivity index (χ2v) is 4.27. The molecule has 0 radical (unpaired) electrons. The lowest BCUT2D eigenvalue weighted by Crippen LogP contribution is -2.34. The molecule has 1 heterocycles. The van der Waals surface area contributed by atoms with Crippen LogP contribution in [0.15, 0.2) is 24.3 Å². The predicted octanol–water partition coefficient (Wildman–Crippen LogP) is 0.719. The van der Waals surface area contributed by atoms with Crippen molar-refractivity contribution in [2.24, 2.45) is 0 Å². The molecule has 4 heteroatoms. The number of rotatable bonds is 4. The van der Waals surface area contributed by atoms with Gasteiger partial charge in [0.25, 0.3) is 0 Å². The molecule has 0 spiro atoms. The number of anilines is 1. The van der Waals surface area contributed by atoms with Crippen LogP contribution in [0.5, 0.6) is 0 Å². The van der Waals surface area contributed by atoms with Gasteiger partial charge < -0.3 is 15.3 Å². The number of nitrogens with zero attached hydrogens (tertiary/aromatic N) is 2. The van der Waals surface area contributed by atoms with E-state index in [9.17, 15) is 0 Å². The Morgan fingerprint density at radius 1 is 1.53 bits per heavy atom. The zero-order valence-electron chi connectivity index (χ0n) is 9.76. The first kappa shape index (κ1) is 11.9. The smallest absolute Gasteiger partial charge is 0.0992 e.